The molecule has 0 unspecified atom stereocenters. The number of nitrogens with one attached hydrogen (secondary N) is 2. The van der Waals surface area contributed by atoms with Crippen LogP contribution in [0.25, 0.3) is 0 Å². The number of amides is 1. The van der Waals surface area contributed by atoms with Crippen molar-refractivity contribution in [2.24, 2.45) is 4.99 Å². The van der Waals surface area contributed by atoms with Gasteiger partial charge in [0, 0.05) is 35.2 Å². The Bertz CT molecular complexity index is 868. The number of thioether (sulfide) groups is 1. The highest BCUT2D eigenvalue weighted by Gasteiger charge is 2.18. The zero-order valence-corrected chi connectivity index (χ0v) is 23.0. The fourth-order valence-electron chi connectivity index (χ4n) is 2.59. The summed E-state index contributed by atoms with van der Waals surface area (Å²) in [7, 11) is 1.82. The zero-order chi connectivity index (χ0) is 26.9. The lowest BCUT2D eigenvalue weighted by molar-refractivity contribution is -0.109. The first-order valence-corrected chi connectivity index (χ1v) is 12.8. The van der Waals surface area contributed by atoms with E-state index in [1.165, 1.54) is 33.1 Å². The molecular formula is C28H43N3O3S. The fraction of sp³-hybridized carbons (Fsp3) is 0.357. The van der Waals surface area contributed by atoms with Crippen molar-refractivity contribution in [3.8, 4) is 0 Å². The molecule has 1 aromatic rings. The second-order valence-electron chi connectivity index (χ2n) is 6.25. The minimum Gasteiger partial charge on any atom is -0.516 e. The second kappa shape index (κ2) is 24.0. The summed E-state index contributed by atoms with van der Waals surface area (Å²) in [5, 5.41) is 22.4. The van der Waals surface area contributed by atoms with Gasteiger partial charge in [-0.25, -0.2) is 0 Å². The number of rotatable bonds is 9. The van der Waals surface area contributed by atoms with Gasteiger partial charge in [-0.05, 0) is 48.3 Å². The molecule has 0 fully saturated rings. The molecule has 194 valence electrons. The van der Waals surface area contributed by atoms with E-state index in [1.54, 1.807) is 17.8 Å². The van der Waals surface area contributed by atoms with Gasteiger partial charge in [0.1, 0.15) is 5.84 Å². The molecule has 0 atom stereocenters. The molecular weight excluding hydrogens is 458 g/mol. The molecule has 0 aromatic heterocycles. The Morgan fingerprint density at radius 2 is 1.74 bits per heavy atom. The number of nitrogens with zero attached hydrogens (tertiary/aromatic N) is 1. The van der Waals surface area contributed by atoms with Crippen molar-refractivity contribution < 1.29 is 15.0 Å². The van der Waals surface area contributed by atoms with E-state index >= 15 is 0 Å². The van der Waals surface area contributed by atoms with E-state index in [0.717, 1.165) is 31.2 Å². The molecule has 0 saturated carbocycles. The first-order chi connectivity index (χ1) is 17.1. The molecule has 0 saturated heterocycles. The maximum absolute atomic E-state index is 9.90. The summed E-state index contributed by atoms with van der Waals surface area (Å²) >= 11 is 1.79. The molecule has 1 heterocycles. The van der Waals surface area contributed by atoms with Crippen LogP contribution in [0.5, 0.6) is 0 Å². The van der Waals surface area contributed by atoms with Crippen LogP contribution in [0.15, 0.2) is 93.2 Å². The monoisotopic (exact) mass is 501 g/mol. The first kappa shape index (κ1) is 34.0. The minimum absolute atomic E-state index is 0.310. The Morgan fingerprint density at radius 3 is 2.23 bits per heavy atom. The number of allylic oxidation sites excluding steroid dienone is 3. The largest absolute Gasteiger partial charge is 0.516 e. The molecule has 4 N–H and O–H groups in total. The van der Waals surface area contributed by atoms with Crippen molar-refractivity contribution in [2.75, 3.05) is 13.6 Å². The number of aryl methyl sites for hydroxylation is 1. The maximum Gasteiger partial charge on any atom is 0.207 e. The molecule has 7 heteroatoms. The molecule has 1 amide bonds. The van der Waals surface area contributed by atoms with Crippen molar-refractivity contribution in [2.45, 2.75) is 59.3 Å². The SMILES string of the molecule is CC.CC.CC/C=C1/C(Sc2ccc(CC)cc2)=CNC1=NC.O=CNCC(/C=C/O)=C/C=C/O. The van der Waals surface area contributed by atoms with Gasteiger partial charge >= 0.3 is 0 Å². The minimum atomic E-state index is 0.310. The predicted octanol–water partition coefficient (Wildman–Crippen LogP) is 7.01. The number of hydrogen-bond donors (Lipinski definition) is 4. The lowest BCUT2D eigenvalue weighted by Crippen LogP contribution is -2.13. The smallest absolute Gasteiger partial charge is 0.207 e. The number of aliphatic hydroxyl groups excluding tert-OH is 2. The van der Waals surface area contributed by atoms with Crippen LogP contribution in [0.4, 0.5) is 0 Å². The maximum atomic E-state index is 9.90. The summed E-state index contributed by atoms with van der Waals surface area (Å²) in [5.41, 5.74) is 3.27. The average molecular weight is 502 g/mol. The van der Waals surface area contributed by atoms with Gasteiger partial charge in [0.2, 0.25) is 6.41 Å². The van der Waals surface area contributed by atoms with E-state index in [4.69, 9.17) is 10.2 Å². The van der Waals surface area contributed by atoms with E-state index in [2.05, 4.69) is 59.8 Å². The third-order valence-electron chi connectivity index (χ3n) is 4.13. The van der Waals surface area contributed by atoms with Crippen LogP contribution in [-0.2, 0) is 11.2 Å². The van der Waals surface area contributed by atoms with Crippen LogP contribution in [-0.4, -0.2) is 36.1 Å². The quantitative estimate of drug-likeness (QED) is 0.166. The summed E-state index contributed by atoms with van der Waals surface area (Å²) in [6.07, 6.45) is 13.0. The highest BCUT2D eigenvalue weighted by atomic mass is 32.2. The molecule has 0 spiro atoms. The van der Waals surface area contributed by atoms with Gasteiger partial charge in [0.25, 0.3) is 0 Å². The Morgan fingerprint density at radius 1 is 1.09 bits per heavy atom. The molecule has 35 heavy (non-hydrogen) atoms. The number of carbonyl (C=O) groups excluding carboxylic acids is 1. The predicted molar refractivity (Wildman–Crippen MR) is 153 cm³/mol. The van der Waals surface area contributed by atoms with E-state index < -0.39 is 0 Å². The Hall–Kier alpha value is -3.19. The molecule has 6 nitrogen and oxygen atoms in total. The number of amidine groups is 1. The summed E-state index contributed by atoms with van der Waals surface area (Å²) in [5.74, 6) is 0.967. The van der Waals surface area contributed by atoms with Crippen LogP contribution in [0.1, 0.15) is 53.5 Å². The van der Waals surface area contributed by atoms with Crippen LogP contribution in [0, 0.1) is 0 Å². The fourth-order valence-corrected chi connectivity index (χ4v) is 3.53. The van der Waals surface area contributed by atoms with Crippen molar-refractivity contribution in [1.82, 2.24) is 10.6 Å². The van der Waals surface area contributed by atoms with Crippen molar-refractivity contribution in [1.29, 1.82) is 0 Å². The van der Waals surface area contributed by atoms with Gasteiger partial charge in [0.15, 0.2) is 0 Å². The van der Waals surface area contributed by atoms with Crippen molar-refractivity contribution in [3.05, 3.63) is 88.9 Å². The average Bonchev–Trinajstić information content (AvgIpc) is 3.30. The van der Waals surface area contributed by atoms with E-state index in [9.17, 15) is 4.79 Å². The molecule has 2 rings (SSSR count). The lowest BCUT2D eigenvalue weighted by atomic mass is 10.2. The van der Waals surface area contributed by atoms with Gasteiger partial charge in [-0.2, -0.15) is 0 Å². The molecule has 1 aliphatic heterocycles. The summed E-state index contributed by atoms with van der Waals surface area (Å²) in [6, 6.07) is 8.77. The standard InChI is InChI=1S/C16H20N2S.C8H11NO3.2C2H6/c1-4-6-14-15(11-18-16(14)17-3)19-13-9-7-12(5-2)8-10-13;10-4-1-2-8(3-5-11)6-9-7-12;2*1-2/h6-11H,4-5H2,1-3H3,(H,17,18);1-5,7,10-11H,6H2,(H,9,12);2*1-2H3/b14-6-;4-1+,5-3+,8-2+;;. The topological polar surface area (TPSA) is 94.0 Å². The van der Waals surface area contributed by atoms with Crippen LogP contribution in [0.3, 0.4) is 0 Å². The summed E-state index contributed by atoms with van der Waals surface area (Å²) in [6.45, 7) is 12.6. The Kier molecular flexibility index (Phi) is 23.3. The molecule has 0 radical (unpaired) electrons. The highest BCUT2D eigenvalue weighted by Crippen LogP contribution is 2.34. The molecule has 1 aliphatic rings. The normalized spacial score (nSPS) is 14.8. The summed E-state index contributed by atoms with van der Waals surface area (Å²) in [4.78, 5) is 16.7. The second-order valence-corrected chi connectivity index (χ2v) is 7.36. The van der Waals surface area contributed by atoms with Gasteiger partial charge in [-0.1, -0.05) is 77.6 Å². The number of aliphatic imine (C=N–C) groups is 1. The zero-order valence-electron chi connectivity index (χ0n) is 22.2. The molecule has 0 aliphatic carbocycles. The van der Waals surface area contributed by atoms with Gasteiger partial charge in [-0.15, -0.1) is 0 Å². The first-order valence-electron chi connectivity index (χ1n) is 12.0. The number of carbonyl (C=O) groups is 1. The van der Waals surface area contributed by atoms with Gasteiger partial charge in [-0.3, -0.25) is 9.79 Å². The third kappa shape index (κ3) is 14.6. The molecule has 0 bridgehead atoms. The van der Waals surface area contributed by atoms with E-state index in [0.29, 0.717) is 18.5 Å². The van der Waals surface area contributed by atoms with Crippen molar-refractivity contribution >= 4 is 24.0 Å². The highest BCUT2D eigenvalue weighted by molar-refractivity contribution is 8.03. The third-order valence-corrected chi connectivity index (χ3v) is 5.19. The van der Waals surface area contributed by atoms with E-state index in [-0.39, 0.29) is 0 Å². The van der Waals surface area contributed by atoms with Gasteiger partial charge < -0.3 is 20.8 Å². The van der Waals surface area contributed by atoms with Crippen LogP contribution >= 0.6 is 11.8 Å². The Balaban J connectivity index is 0. The van der Waals surface area contributed by atoms with Crippen LogP contribution in [0.2, 0.25) is 0 Å². The number of aliphatic hydroxyl groups is 2. The number of hydrogen-bond acceptors (Lipinski definition) is 5. The Labute approximate surface area is 216 Å². The number of benzene rings is 1. The van der Waals surface area contributed by atoms with E-state index in [1.807, 2.05) is 40.9 Å². The lowest BCUT2D eigenvalue weighted by Gasteiger charge is -2.06. The molecule has 1 aromatic carbocycles. The van der Waals surface area contributed by atoms with Gasteiger partial charge in [0.05, 0.1) is 12.5 Å². The van der Waals surface area contributed by atoms with Crippen LogP contribution < -0.4 is 10.6 Å². The van der Waals surface area contributed by atoms with Crippen molar-refractivity contribution in [3.63, 3.8) is 0 Å². The summed E-state index contributed by atoms with van der Waals surface area (Å²) < 4.78 is 0.